The predicted octanol–water partition coefficient (Wildman–Crippen LogP) is 4.17. The van der Waals surface area contributed by atoms with Crippen LogP contribution in [0.1, 0.15) is 47.4 Å². The van der Waals surface area contributed by atoms with E-state index < -0.39 is 0 Å². The second kappa shape index (κ2) is 10.9. The maximum absolute atomic E-state index is 12.4. The van der Waals surface area contributed by atoms with Crippen LogP contribution in [-0.2, 0) is 0 Å². The summed E-state index contributed by atoms with van der Waals surface area (Å²) in [6.45, 7) is 5.87. The molecule has 0 aliphatic heterocycles. The standard InChI is InChI=1S/C24H32N2O2/c1-19(17-23(27)21-11-7-5-8-12-21)25(3)15-16-26(4)20(2)18-24(28)22-13-9-6-10-14-22/h5-14,19-20H,15-18H2,1-4H3. The highest BCUT2D eigenvalue weighted by Gasteiger charge is 2.18. The monoisotopic (exact) mass is 380 g/mol. The Morgan fingerprint density at radius 3 is 1.32 bits per heavy atom. The summed E-state index contributed by atoms with van der Waals surface area (Å²) >= 11 is 0. The van der Waals surface area contributed by atoms with Gasteiger partial charge in [0.25, 0.3) is 0 Å². The molecular weight excluding hydrogens is 348 g/mol. The number of likely N-dealkylation sites (N-methyl/N-ethyl adjacent to an activating group) is 2. The number of hydrogen-bond donors (Lipinski definition) is 0. The van der Waals surface area contributed by atoms with Gasteiger partial charge in [0.05, 0.1) is 0 Å². The molecule has 0 saturated heterocycles. The third-order valence-electron chi connectivity index (χ3n) is 5.46. The first-order chi connectivity index (χ1) is 13.4. The zero-order valence-corrected chi connectivity index (χ0v) is 17.5. The third-order valence-corrected chi connectivity index (χ3v) is 5.46. The number of rotatable bonds is 11. The molecule has 2 aromatic carbocycles. The quantitative estimate of drug-likeness (QED) is 0.549. The van der Waals surface area contributed by atoms with Crippen LogP contribution in [0.2, 0.25) is 0 Å². The Morgan fingerprint density at radius 2 is 1.00 bits per heavy atom. The number of carbonyl (C=O) groups is 2. The summed E-state index contributed by atoms with van der Waals surface area (Å²) < 4.78 is 0. The van der Waals surface area contributed by atoms with E-state index in [2.05, 4.69) is 37.7 Å². The van der Waals surface area contributed by atoms with E-state index in [0.29, 0.717) is 12.8 Å². The van der Waals surface area contributed by atoms with Crippen LogP contribution in [0, 0.1) is 0 Å². The molecule has 0 spiro atoms. The minimum Gasteiger partial charge on any atom is -0.302 e. The van der Waals surface area contributed by atoms with E-state index >= 15 is 0 Å². The molecule has 0 bridgehead atoms. The zero-order valence-electron chi connectivity index (χ0n) is 17.5. The van der Waals surface area contributed by atoms with E-state index in [0.717, 1.165) is 24.2 Å². The van der Waals surface area contributed by atoms with Crippen molar-refractivity contribution in [2.24, 2.45) is 0 Å². The molecule has 0 heterocycles. The number of nitrogens with zero attached hydrogens (tertiary/aromatic N) is 2. The molecule has 0 amide bonds. The number of Topliss-reactive ketones (excluding diaryl/α,β-unsaturated/α-hetero) is 2. The van der Waals surface area contributed by atoms with Gasteiger partial charge in [0.15, 0.2) is 11.6 Å². The summed E-state index contributed by atoms with van der Waals surface area (Å²) in [5.41, 5.74) is 1.54. The average Bonchev–Trinajstić information content (AvgIpc) is 2.72. The molecule has 0 saturated carbocycles. The van der Waals surface area contributed by atoms with Gasteiger partial charge in [0, 0.05) is 49.1 Å². The first-order valence-corrected chi connectivity index (χ1v) is 9.95. The highest BCUT2D eigenvalue weighted by atomic mass is 16.1. The fourth-order valence-electron chi connectivity index (χ4n) is 3.09. The topological polar surface area (TPSA) is 40.6 Å². The summed E-state index contributed by atoms with van der Waals surface area (Å²) in [7, 11) is 4.10. The lowest BCUT2D eigenvalue weighted by Gasteiger charge is -2.29. The largest absolute Gasteiger partial charge is 0.302 e. The molecule has 150 valence electrons. The smallest absolute Gasteiger partial charge is 0.164 e. The van der Waals surface area contributed by atoms with Crippen molar-refractivity contribution in [1.29, 1.82) is 0 Å². The maximum atomic E-state index is 12.4. The van der Waals surface area contributed by atoms with Crippen molar-refractivity contribution in [2.45, 2.75) is 38.8 Å². The Hall–Kier alpha value is -2.30. The lowest BCUT2D eigenvalue weighted by Crippen LogP contribution is -2.40. The minimum atomic E-state index is 0.169. The molecule has 28 heavy (non-hydrogen) atoms. The Morgan fingerprint density at radius 1 is 0.679 bits per heavy atom. The minimum absolute atomic E-state index is 0.169. The molecule has 0 N–H and O–H groups in total. The number of hydrogen-bond acceptors (Lipinski definition) is 4. The van der Waals surface area contributed by atoms with Gasteiger partial charge in [-0.1, -0.05) is 60.7 Å². The summed E-state index contributed by atoms with van der Waals surface area (Å²) in [5.74, 6) is 0.352. The van der Waals surface area contributed by atoms with Gasteiger partial charge < -0.3 is 9.80 Å². The van der Waals surface area contributed by atoms with Crippen molar-refractivity contribution in [3.05, 3.63) is 71.8 Å². The van der Waals surface area contributed by atoms with Crippen molar-refractivity contribution in [1.82, 2.24) is 9.80 Å². The Kier molecular flexibility index (Phi) is 8.55. The molecule has 0 radical (unpaired) electrons. The Balaban J connectivity index is 1.76. The van der Waals surface area contributed by atoms with Gasteiger partial charge in [-0.2, -0.15) is 0 Å². The highest BCUT2D eigenvalue weighted by molar-refractivity contribution is 5.96. The molecule has 4 heteroatoms. The van der Waals surface area contributed by atoms with E-state index in [4.69, 9.17) is 0 Å². The van der Waals surface area contributed by atoms with E-state index in [1.807, 2.05) is 60.7 Å². The number of benzene rings is 2. The van der Waals surface area contributed by atoms with Gasteiger partial charge in [0.2, 0.25) is 0 Å². The summed E-state index contributed by atoms with van der Waals surface area (Å²) in [6, 6.07) is 19.2. The van der Waals surface area contributed by atoms with Gasteiger partial charge in [-0.3, -0.25) is 9.59 Å². The van der Waals surface area contributed by atoms with Gasteiger partial charge >= 0.3 is 0 Å². The van der Waals surface area contributed by atoms with Crippen LogP contribution in [0.25, 0.3) is 0 Å². The third kappa shape index (κ3) is 6.70. The molecule has 0 aliphatic rings. The second-order valence-electron chi connectivity index (χ2n) is 7.65. The van der Waals surface area contributed by atoms with Gasteiger partial charge in [0.1, 0.15) is 0 Å². The number of ketones is 2. The molecular formula is C24H32N2O2. The van der Waals surface area contributed by atoms with Crippen LogP contribution in [0.3, 0.4) is 0 Å². The lowest BCUT2D eigenvalue weighted by molar-refractivity contribution is 0.0905. The fraction of sp³-hybridized carbons (Fsp3) is 0.417. The van der Waals surface area contributed by atoms with E-state index in [1.165, 1.54) is 0 Å². The van der Waals surface area contributed by atoms with Crippen molar-refractivity contribution >= 4 is 11.6 Å². The summed E-state index contributed by atoms with van der Waals surface area (Å²) in [4.78, 5) is 29.2. The van der Waals surface area contributed by atoms with E-state index in [-0.39, 0.29) is 23.7 Å². The van der Waals surface area contributed by atoms with Crippen molar-refractivity contribution in [3.63, 3.8) is 0 Å². The van der Waals surface area contributed by atoms with Crippen molar-refractivity contribution < 1.29 is 9.59 Å². The maximum Gasteiger partial charge on any atom is 0.164 e. The highest BCUT2D eigenvalue weighted by Crippen LogP contribution is 2.11. The van der Waals surface area contributed by atoms with Gasteiger partial charge in [-0.05, 0) is 27.9 Å². The van der Waals surface area contributed by atoms with Gasteiger partial charge in [-0.15, -0.1) is 0 Å². The fourth-order valence-corrected chi connectivity index (χ4v) is 3.09. The molecule has 2 aromatic rings. The van der Waals surface area contributed by atoms with Crippen LogP contribution in [0.5, 0.6) is 0 Å². The molecule has 0 fully saturated rings. The average molecular weight is 381 g/mol. The Bertz CT molecular complexity index is 680. The first-order valence-electron chi connectivity index (χ1n) is 9.95. The van der Waals surface area contributed by atoms with Gasteiger partial charge in [-0.25, -0.2) is 0 Å². The molecule has 0 aliphatic carbocycles. The van der Waals surface area contributed by atoms with Crippen molar-refractivity contribution in [2.75, 3.05) is 27.2 Å². The van der Waals surface area contributed by atoms with Crippen LogP contribution >= 0.6 is 0 Å². The van der Waals surface area contributed by atoms with Crippen LogP contribution in [0.4, 0.5) is 0 Å². The molecule has 2 unspecified atom stereocenters. The Labute approximate surface area is 169 Å². The normalized spacial score (nSPS) is 13.5. The van der Waals surface area contributed by atoms with Crippen LogP contribution < -0.4 is 0 Å². The lowest BCUT2D eigenvalue weighted by atomic mass is 10.0. The van der Waals surface area contributed by atoms with Crippen LogP contribution in [-0.4, -0.2) is 60.6 Å². The molecule has 2 atom stereocenters. The van der Waals surface area contributed by atoms with E-state index in [9.17, 15) is 9.59 Å². The number of carbonyl (C=O) groups excluding carboxylic acids is 2. The first kappa shape index (κ1) is 22.0. The molecule has 4 nitrogen and oxygen atoms in total. The SMILES string of the molecule is CC(CC(=O)c1ccccc1)N(C)CCN(C)C(C)CC(=O)c1ccccc1. The molecule has 0 aromatic heterocycles. The van der Waals surface area contributed by atoms with Crippen molar-refractivity contribution in [3.8, 4) is 0 Å². The van der Waals surface area contributed by atoms with Crippen LogP contribution in [0.15, 0.2) is 60.7 Å². The predicted molar refractivity (Wildman–Crippen MR) is 115 cm³/mol. The van der Waals surface area contributed by atoms with E-state index in [1.54, 1.807) is 0 Å². The second-order valence-corrected chi connectivity index (χ2v) is 7.65. The summed E-state index contributed by atoms with van der Waals surface area (Å²) in [5, 5.41) is 0. The zero-order chi connectivity index (χ0) is 20.5. The summed E-state index contributed by atoms with van der Waals surface area (Å²) in [6.07, 6.45) is 1.01. The molecule has 2 rings (SSSR count).